The van der Waals surface area contributed by atoms with Crippen molar-refractivity contribution in [2.45, 2.75) is 83.5 Å². The minimum Gasteiger partial charge on any atom is -0.192 e. The van der Waals surface area contributed by atoms with Crippen molar-refractivity contribution in [3.05, 3.63) is 57.6 Å². The molecule has 31 heavy (non-hydrogen) atoms. The van der Waals surface area contributed by atoms with Crippen LogP contribution < -0.4 is 0 Å². The van der Waals surface area contributed by atoms with Gasteiger partial charge in [0.15, 0.2) is 0 Å². The van der Waals surface area contributed by atoms with Gasteiger partial charge in [-0.15, -0.1) is 0 Å². The van der Waals surface area contributed by atoms with Gasteiger partial charge in [-0.2, -0.15) is 10.5 Å². The maximum atomic E-state index is 9.84. The third-order valence-corrected chi connectivity index (χ3v) is 8.40. The Balaban J connectivity index is 1.69. The number of hydrogen-bond acceptors (Lipinski definition) is 2. The Morgan fingerprint density at radius 3 is 2.03 bits per heavy atom. The molecule has 0 atom stereocenters. The van der Waals surface area contributed by atoms with Crippen LogP contribution in [0.4, 0.5) is 0 Å². The van der Waals surface area contributed by atoms with Crippen LogP contribution in [-0.4, -0.2) is 0 Å². The molecule has 0 amide bonds. The third kappa shape index (κ3) is 3.77. The van der Waals surface area contributed by atoms with Crippen molar-refractivity contribution < 1.29 is 0 Å². The number of nitriles is 2. The number of halogens is 1. The normalized spacial score (nSPS) is 24.5. The predicted octanol–water partition coefficient (Wildman–Crippen LogP) is 8.09. The lowest BCUT2D eigenvalue weighted by atomic mass is 9.51. The number of rotatable bonds is 6. The summed E-state index contributed by atoms with van der Waals surface area (Å²) in [6, 6.07) is 14.9. The van der Waals surface area contributed by atoms with Crippen LogP contribution in [0, 0.1) is 28.1 Å². The fourth-order valence-electron chi connectivity index (χ4n) is 6.26. The largest absolute Gasteiger partial charge is 0.192 e. The maximum absolute atomic E-state index is 9.84. The molecular formula is C28H31ClN2. The first-order valence-corrected chi connectivity index (χ1v) is 12.2. The topological polar surface area (TPSA) is 47.6 Å². The molecule has 0 spiro atoms. The summed E-state index contributed by atoms with van der Waals surface area (Å²) in [5.41, 5.74) is 5.71. The molecule has 0 radical (unpaired) electrons. The van der Waals surface area contributed by atoms with E-state index in [-0.39, 0.29) is 5.41 Å². The highest BCUT2D eigenvalue weighted by molar-refractivity contribution is 6.33. The Morgan fingerprint density at radius 2 is 1.48 bits per heavy atom. The molecule has 3 heteroatoms. The zero-order chi connectivity index (χ0) is 22.1. The van der Waals surface area contributed by atoms with Crippen LogP contribution in [0.3, 0.4) is 0 Å². The van der Waals surface area contributed by atoms with Gasteiger partial charge >= 0.3 is 0 Å². The van der Waals surface area contributed by atoms with Gasteiger partial charge in [0.05, 0.1) is 11.1 Å². The molecule has 3 aliphatic carbocycles. The van der Waals surface area contributed by atoms with E-state index in [1.807, 2.05) is 12.1 Å². The van der Waals surface area contributed by atoms with Crippen LogP contribution in [0.2, 0.25) is 5.02 Å². The number of fused-ring (bicyclic) bond motifs is 3. The fraction of sp³-hybridized carbons (Fsp3) is 0.500. The van der Waals surface area contributed by atoms with Crippen LogP contribution in [0.1, 0.15) is 93.9 Å². The van der Waals surface area contributed by atoms with Gasteiger partial charge in [0, 0.05) is 16.1 Å². The van der Waals surface area contributed by atoms with Crippen LogP contribution in [0.15, 0.2) is 30.3 Å². The van der Waals surface area contributed by atoms with Gasteiger partial charge in [0.25, 0.3) is 0 Å². The highest BCUT2D eigenvalue weighted by atomic mass is 35.5. The van der Waals surface area contributed by atoms with Crippen molar-refractivity contribution in [2.24, 2.45) is 5.41 Å². The van der Waals surface area contributed by atoms with Crippen LogP contribution in [0.25, 0.3) is 11.1 Å². The molecule has 0 unspecified atom stereocenters. The smallest absolute Gasteiger partial charge is 0.101 e. The molecule has 5 rings (SSSR count). The molecule has 2 bridgehead atoms. The van der Waals surface area contributed by atoms with Crippen LogP contribution in [0.5, 0.6) is 0 Å². The summed E-state index contributed by atoms with van der Waals surface area (Å²) < 4.78 is 0. The molecule has 3 saturated carbocycles. The Hall–Kier alpha value is -2.29. The quantitative estimate of drug-likeness (QED) is 0.464. The Bertz CT molecular complexity index is 1050. The van der Waals surface area contributed by atoms with Crippen molar-refractivity contribution in [1.82, 2.24) is 0 Å². The first kappa shape index (κ1) is 21.9. The number of nitrogens with zero attached hydrogens (tertiary/aromatic N) is 2. The van der Waals surface area contributed by atoms with E-state index in [2.05, 4.69) is 44.2 Å². The molecule has 160 valence electrons. The zero-order valence-electron chi connectivity index (χ0n) is 18.7. The van der Waals surface area contributed by atoms with Crippen molar-refractivity contribution in [2.75, 3.05) is 0 Å². The van der Waals surface area contributed by atoms with Gasteiger partial charge in [0.1, 0.15) is 12.1 Å². The molecule has 2 aromatic rings. The van der Waals surface area contributed by atoms with Crippen molar-refractivity contribution >= 4 is 11.6 Å². The second kappa shape index (κ2) is 8.68. The summed E-state index contributed by atoms with van der Waals surface area (Å²) in [4.78, 5) is 0. The van der Waals surface area contributed by atoms with Gasteiger partial charge in [-0.3, -0.25) is 0 Å². The molecule has 3 fully saturated rings. The maximum Gasteiger partial charge on any atom is 0.101 e. The summed E-state index contributed by atoms with van der Waals surface area (Å²) >= 11 is 6.83. The second-order valence-corrected chi connectivity index (χ2v) is 10.1. The van der Waals surface area contributed by atoms with Gasteiger partial charge in [-0.25, -0.2) is 0 Å². The molecule has 0 heterocycles. The SMILES string of the molecule is CCCc1ccc(-c2ccc(C34CCC(CCC)(CC3)CC4)cc2Cl)c(C#N)c1C#N. The summed E-state index contributed by atoms with van der Waals surface area (Å²) in [5.74, 6) is 0. The lowest BCUT2D eigenvalue weighted by molar-refractivity contribution is 0.0320. The van der Waals surface area contributed by atoms with Gasteiger partial charge in [-0.1, -0.05) is 62.6 Å². The standard InChI is InChI=1S/C28H31ClN2/c1-3-5-20-6-8-22(25(19-31)24(20)18-30)23-9-7-21(17-26(23)29)28-14-11-27(10-4-2,12-15-28)13-16-28/h6-9,17H,3-5,10-16H2,1-2H3. The van der Waals surface area contributed by atoms with Gasteiger partial charge in [0.2, 0.25) is 0 Å². The minimum absolute atomic E-state index is 0.262. The van der Waals surface area contributed by atoms with Crippen molar-refractivity contribution in [3.8, 4) is 23.3 Å². The van der Waals surface area contributed by atoms with Gasteiger partial charge in [-0.05, 0) is 79.4 Å². The number of aryl methyl sites for hydroxylation is 1. The summed E-state index contributed by atoms with van der Waals surface area (Å²) in [6.45, 7) is 4.39. The fourth-order valence-corrected chi connectivity index (χ4v) is 6.54. The average molecular weight is 431 g/mol. The first-order chi connectivity index (χ1) is 15.0. The highest BCUT2D eigenvalue weighted by Gasteiger charge is 2.48. The molecule has 2 aromatic carbocycles. The van der Waals surface area contributed by atoms with E-state index in [1.54, 1.807) is 0 Å². The molecule has 0 saturated heterocycles. The Labute approximate surface area is 191 Å². The summed E-state index contributed by atoms with van der Waals surface area (Å²) in [7, 11) is 0. The highest BCUT2D eigenvalue weighted by Crippen LogP contribution is 2.59. The predicted molar refractivity (Wildman–Crippen MR) is 127 cm³/mol. The second-order valence-electron chi connectivity index (χ2n) is 9.72. The van der Waals surface area contributed by atoms with Gasteiger partial charge < -0.3 is 0 Å². The Morgan fingerprint density at radius 1 is 0.839 bits per heavy atom. The summed E-state index contributed by atoms with van der Waals surface area (Å²) in [5, 5.41) is 20.2. The lowest BCUT2D eigenvalue weighted by Crippen LogP contribution is -2.44. The Kier molecular flexibility index (Phi) is 6.14. The monoisotopic (exact) mass is 430 g/mol. The molecule has 3 aliphatic rings. The van der Waals surface area contributed by atoms with E-state index >= 15 is 0 Å². The average Bonchev–Trinajstić information content (AvgIpc) is 2.80. The number of benzene rings is 2. The van der Waals surface area contributed by atoms with E-state index in [1.165, 1.54) is 56.9 Å². The van der Waals surface area contributed by atoms with Crippen molar-refractivity contribution in [1.29, 1.82) is 10.5 Å². The first-order valence-electron chi connectivity index (χ1n) is 11.8. The minimum atomic E-state index is 0.262. The zero-order valence-corrected chi connectivity index (χ0v) is 19.5. The van der Waals surface area contributed by atoms with Crippen LogP contribution >= 0.6 is 11.6 Å². The van der Waals surface area contributed by atoms with E-state index < -0.39 is 0 Å². The number of hydrogen-bond donors (Lipinski definition) is 0. The van der Waals surface area contributed by atoms with Crippen molar-refractivity contribution in [3.63, 3.8) is 0 Å². The molecule has 0 N–H and O–H groups in total. The lowest BCUT2D eigenvalue weighted by Gasteiger charge is -2.54. The molecular weight excluding hydrogens is 400 g/mol. The van der Waals surface area contributed by atoms with E-state index in [0.29, 0.717) is 21.6 Å². The third-order valence-electron chi connectivity index (χ3n) is 8.09. The molecule has 2 nitrogen and oxygen atoms in total. The summed E-state index contributed by atoms with van der Waals surface area (Å²) in [6.07, 6.45) is 12.2. The van der Waals surface area contributed by atoms with E-state index in [4.69, 9.17) is 11.6 Å². The molecule has 0 aliphatic heterocycles. The molecule has 0 aromatic heterocycles. The van der Waals surface area contributed by atoms with E-state index in [0.717, 1.165) is 29.5 Å². The van der Waals surface area contributed by atoms with Crippen LogP contribution in [-0.2, 0) is 11.8 Å². The van der Waals surface area contributed by atoms with E-state index in [9.17, 15) is 10.5 Å².